The number of carbonyl (C=O) groups is 3. The summed E-state index contributed by atoms with van der Waals surface area (Å²) in [5.74, 6) is -2.21. The summed E-state index contributed by atoms with van der Waals surface area (Å²) in [6, 6.07) is 12.9. The highest BCUT2D eigenvalue weighted by molar-refractivity contribution is 6.39. The van der Waals surface area contributed by atoms with Crippen LogP contribution in [0.2, 0.25) is 0 Å². The second-order valence-corrected chi connectivity index (χ2v) is 7.25. The molecule has 31 heavy (non-hydrogen) atoms. The number of hydrogen-bond acceptors (Lipinski definition) is 6. The predicted molar refractivity (Wildman–Crippen MR) is 103 cm³/mol. The van der Waals surface area contributed by atoms with Crippen molar-refractivity contribution in [3.8, 4) is 0 Å². The third-order valence-corrected chi connectivity index (χ3v) is 5.07. The number of nitrogens with one attached hydrogen (secondary N) is 1. The van der Waals surface area contributed by atoms with E-state index in [1.54, 1.807) is 24.3 Å². The molecule has 1 spiro atoms. The Hall–Kier alpha value is -3.69. The summed E-state index contributed by atoms with van der Waals surface area (Å²) in [5.41, 5.74) is 0.544. The van der Waals surface area contributed by atoms with Gasteiger partial charge in [0, 0.05) is 6.42 Å². The fourth-order valence-corrected chi connectivity index (χ4v) is 3.51. The normalized spacial score (nSPS) is 20.7. The van der Waals surface area contributed by atoms with Gasteiger partial charge in [0.15, 0.2) is 0 Å². The summed E-state index contributed by atoms with van der Waals surface area (Å²) < 4.78 is 44.2. The molecular weight excluding hydrogens is 415 g/mol. The lowest BCUT2D eigenvalue weighted by molar-refractivity contribution is -0.138. The van der Waals surface area contributed by atoms with Crippen LogP contribution in [0.4, 0.5) is 18.9 Å². The minimum absolute atomic E-state index is 0.00886. The van der Waals surface area contributed by atoms with Crippen molar-refractivity contribution in [2.24, 2.45) is 5.10 Å². The van der Waals surface area contributed by atoms with Crippen LogP contribution < -0.4 is 10.3 Å². The van der Waals surface area contributed by atoms with Crippen molar-refractivity contribution in [3.63, 3.8) is 0 Å². The lowest BCUT2D eigenvalue weighted by atomic mass is 9.92. The fraction of sp³-hybridized carbons (Fsp3) is 0.238. The number of esters is 1. The van der Waals surface area contributed by atoms with Gasteiger partial charge in [0.1, 0.15) is 17.9 Å². The number of amides is 2. The van der Waals surface area contributed by atoms with Crippen LogP contribution in [0.15, 0.2) is 59.7 Å². The molecule has 2 aromatic carbocycles. The lowest BCUT2D eigenvalue weighted by Gasteiger charge is -2.21. The van der Waals surface area contributed by atoms with Gasteiger partial charge in [-0.05, 0) is 23.8 Å². The number of carbonyl (C=O) groups excluding carboxylic acids is 3. The molecule has 1 atom stereocenters. The number of anilines is 1. The summed E-state index contributed by atoms with van der Waals surface area (Å²) in [6.45, 7) is 0.00886. The van der Waals surface area contributed by atoms with Crippen molar-refractivity contribution in [1.29, 1.82) is 0 Å². The zero-order valence-corrected chi connectivity index (χ0v) is 16.0. The molecule has 7 nitrogen and oxygen atoms in total. The van der Waals surface area contributed by atoms with Crippen molar-refractivity contribution in [2.75, 3.05) is 4.90 Å². The number of benzene rings is 2. The van der Waals surface area contributed by atoms with Gasteiger partial charge in [-0.2, -0.15) is 18.3 Å². The second-order valence-electron chi connectivity index (χ2n) is 7.25. The number of rotatable bonds is 4. The third-order valence-electron chi connectivity index (χ3n) is 5.07. The Labute approximate surface area is 174 Å². The molecule has 160 valence electrons. The molecule has 0 unspecified atom stereocenters. The predicted octanol–water partition coefficient (Wildman–Crippen LogP) is 2.80. The molecule has 4 rings (SSSR count). The van der Waals surface area contributed by atoms with E-state index < -0.39 is 35.1 Å². The van der Waals surface area contributed by atoms with Gasteiger partial charge < -0.3 is 4.74 Å². The van der Waals surface area contributed by atoms with Crippen LogP contribution in [0.5, 0.6) is 0 Å². The highest BCUT2D eigenvalue weighted by Crippen LogP contribution is 2.37. The van der Waals surface area contributed by atoms with Gasteiger partial charge in [0.25, 0.3) is 5.91 Å². The lowest BCUT2D eigenvalue weighted by Crippen LogP contribution is -2.47. The number of alkyl halides is 3. The van der Waals surface area contributed by atoms with Crippen molar-refractivity contribution in [1.82, 2.24) is 5.43 Å². The molecule has 0 saturated carbocycles. The monoisotopic (exact) mass is 431 g/mol. The van der Waals surface area contributed by atoms with Gasteiger partial charge >= 0.3 is 12.1 Å². The molecule has 1 N–H and O–H groups in total. The molecule has 2 aromatic rings. The van der Waals surface area contributed by atoms with E-state index >= 15 is 0 Å². The first-order valence-electron chi connectivity index (χ1n) is 9.29. The smallest absolute Gasteiger partial charge is 0.416 e. The number of ether oxygens (including phenoxy) is 1. The summed E-state index contributed by atoms with van der Waals surface area (Å²) in [5, 5.41) is 3.87. The van der Waals surface area contributed by atoms with Gasteiger partial charge in [0.2, 0.25) is 5.91 Å². The van der Waals surface area contributed by atoms with Crippen molar-refractivity contribution in [3.05, 3.63) is 65.7 Å². The molecular formula is C21H16F3N3O4. The molecule has 2 amide bonds. The standard InChI is InChI=1S/C21H16F3N3O4/c22-21(23,24)14-7-4-8-15(9-14)27-17(28)11-20(19(27)30)10-16(25-26-20)18(29)31-12-13-5-2-1-3-6-13/h1-9,26H,10-12H2/t20-/m1/s1. The van der Waals surface area contributed by atoms with Gasteiger partial charge in [0.05, 0.1) is 17.7 Å². The molecule has 2 aliphatic heterocycles. The minimum atomic E-state index is -4.62. The van der Waals surface area contributed by atoms with Gasteiger partial charge in [-0.3, -0.25) is 15.0 Å². The quantitative estimate of drug-likeness (QED) is 0.594. The van der Waals surface area contributed by atoms with E-state index in [0.717, 1.165) is 23.8 Å². The number of halogens is 3. The van der Waals surface area contributed by atoms with Crippen LogP contribution in [0.1, 0.15) is 24.0 Å². The number of hydrogen-bond donors (Lipinski definition) is 1. The molecule has 0 bridgehead atoms. The largest absolute Gasteiger partial charge is 0.456 e. The number of imide groups is 1. The van der Waals surface area contributed by atoms with E-state index in [1.807, 2.05) is 6.07 Å². The van der Waals surface area contributed by atoms with Crippen molar-refractivity contribution < 1.29 is 32.3 Å². The van der Waals surface area contributed by atoms with Gasteiger partial charge in [-0.1, -0.05) is 36.4 Å². The summed E-state index contributed by atoms with van der Waals surface area (Å²) in [4.78, 5) is 38.5. The topological polar surface area (TPSA) is 88.1 Å². The second kappa shape index (κ2) is 7.53. The maximum absolute atomic E-state index is 13.0. The molecule has 1 saturated heterocycles. The average molecular weight is 431 g/mol. The minimum Gasteiger partial charge on any atom is -0.456 e. The van der Waals surface area contributed by atoms with E-state index in [-0.39, 0.29) is 30.8 Å². The molecule has 0 aromatic heterocycles. The van der Waals surface area contributed by atoms with E-state index in [9.17, 15) is 27.6 Å². The van der Waals surface area contributed by atoms with Crippen LogP contribution in [0.25, 0.3) is 0 Å². The SMILES string of the molecule is O=C(OCc1ccccc1)C1=NN[C@@]2(CC(=O)N(c3cccc(C(F)(F)F)c3)C2=O)C1. The number of nitrogens with zero attached hydrogens (tertiary/aromatic N) is 2. The highest BCUT2D eigenvalue weighted by Gasteiger charge is 2.56. The average Bonchev–Trinajstić information content (AvgIpc) is 3.27. The molecule has 0 radical (unpaired) electrons. The van der Waals surface area contributed by atoms with Gasteiger partial charge in [-0.15, -0.1) is 0 Å². The first kappa shape index (κ1) is 20.6. The Morgan fingerprint density at radius 3 is 2.55 bits per heavy atom. The molecule has 0 aliphatic carbocycles. The Kier molecular flexibility index (Phi) is 5.00. The summed E-state index contributed by atoms with van der Waals surface area (Å²) in [6.07, 6.45) is -5.17. The fourth-order valence-electron chi connectivity index (χ4n) is 3.51. The van der Waals surface area contributed by atoms with E-state index in [1.165, 1.54) is 6.07 Å². The zero-order chi connectivity index (χ0) is 22.2. The first-order chi connectivity index (χ1) is 14.7. The molecule has 1 fully saturated rings. The zero-order valence-electron chi connectivity index (χ0n) is 16.0. The molecule has 2 heterocycles. The first-order valence-corrected chi connectivity index (χ1v) is 9.29. The van der Waals surface area contributed by atoms with E-state index in [2.05, 4.69) is 10.5 Å². The Bertz CT molecular complexity index is 1080. The summed E-state index contributed by atoms with van der Waals surface area (Å²) >= 11 is 0. The third kappa shape index (κ3) is 3.88. The maximum atomic E-state index is 13.0. The molecule has 2 aliphatic rings. The van der Waals surface area contributed by atoms with Crippen LogP contribution in [0.3, 0.4) is 0 Å². The maximum Gasteiger partial charge on any atom is 0.416 e. The van der Waals surface area contributed by atoms with E-state index in [4.69, 9.17) is 4.74 Å². The van der Waals surface area contributed by atoms with Crippen molar-refractivity contribution in [2.45, 2.75) is 31.2 Å². The molecule has 10 heteroatoms. The Morgan fingerprint density at radius 1 is 1.10 bits per heavy atom. The van der Waals surface area contributed by atoms with Gasteiger partial charge in [-0.25, -0.2) is 9.69 Å². The Balaban J connectivity index is 1.47. The highest BCUT2D eigenvalue weighted by atomic mass is 19.4. The van der Waals surface area contributed by atoms with E-state index in [0.29, 0.717) is 4.90 Å². The summed E-state index contributed by atoms with van der Waals surface area (Å²) in [7, 11) is 0. The number of hydrazone groups is 1. The van der Waals surface area contributed by atoms with Crippen molar-refractivity contribution >= 4 is 29.2 Å². The van der Waals surface area contributed by atoms with Crippen LogP contribution in [0, 0.1) is 0 Å². The van der Waals surface area contributed by atoms with Crippen LogP contribution in [-0.2, 0) is 31.9 Å². The Morgan fingerprint density at radius 2 is 1.84 bits per heavy atom. The van der Waals surface area contributed by atoms with Crippen LogP contribution >= 0.6 is 0 Å². The van der Waals surface area contributed by atoms with Crippen LogP contribution in [-0.4, -0.2) is 29.0 Å².